The number of ether oxygens (including phenoxy) is 1. The molecule has 2 atom stereocenters. The van der Waals surface area contributed by atoms with Gasteiger partial charge in [0.15, 0.2) is 5.65 Å². The summed E-state index contributed by atoms with van der Waals surface area (Å²) in [6.07, 6.45) is 3.08. The number of hydrogen-bond acceptors (Lipinski definition) is 6. The number of imidazole rings is 1. The predicted molar refractivity (Wildman–Crippen MR) is 132 cm³/mol. The van der Waals surface area contributed by atoms with Crippen molar-refractivity contribution in [1.29, 1.82) is 0 Å². The van der Waals surface area contributed by atoms with E-state index >= 15 is 4.39 Å². The molecule has 9 heteroatoms. The van der Waals surface area contributed by atoms with Gasteiger partial charge in [0.1, 0.15) is 11.3 Å². The van der Waals surface area contributed by atoms with Gasteiger partial charge in [-0.25, -0.2) is 9.18 Å². The van der Waals surface area contributed by atoms with Crippen LogP contribution in [0.2, 0.25) is 0 Å². The number of likely N-dealkylation sites (tertiary alicyclic amines) is 1. The summed E-state index contributed by atoms with van der Waals surface area (Å²) in [5.74, 6) is 1.46. The van der Waals surface area contributed by atoms with E-state index in [-0.39, 0.29) is 11.7 Å². The average molecular weight is 477 g/mol. The number of benzene rings is 1. The van der Waals surface area contributed by atoms with Crippen molar-refractivity contribution >= 4 is 22.1 Å². The fourth-order valence-corrected chi connectivity index (χ4v) is 5.33. The number of halogens is 1. The number of aryl methyl sites for hydroxylation is 1. The van der Waals surface area contributed by atoms with Crippen LogP contribution in [0.25, 0.3) is 33.2 Å². The summed E-state index contributed by atoms with van der Waals surface area (Å²) in [5, 5.41) is 9.05. The molecule has 1 saturated carbocycles. The third-order valence-corrected chi connectivity index (χ3v) is 7.36. The number of hydrogen-bond donors (Lipinski definition) is 0. The zero-order chi connectivity index (χ0) is 24.3. The smallest absolute Gasteiger partial charge is 0.330 e. The van der Waals surface area contributed by atoms with Crippen LogP contribution in [0, 0.1) is 17.7 Å². The normalized spacial score (nSPS) is 19.8. The molecule has 3 aromatic heterocycles. The molecule has 1 aliphatic heterocycles. The van der Waals surface area contributed by atoms with Crippen molar-refractivity contribution in [3.05, 3.63) is 52.5 Å². The minimum Gasteiger partial charge on any atom is -0.374 e. The summed E-state index contributed by atoms with van der Waals surface area (Å²) in [4.78, 5) is 19.8. The van der Waals surface area contributed by atoms with Gasteiger partial charge in [-0.05, 0) is 44.2 Å². The van der Waals surface area contributed by atoms with E-state index in [4.69, 9.17) is 4.74 Å². The van der Waals surface area contributed by atoms with Crippen molar-refractivity contribution in [3.8, 4) is 11.1 Å². The molecular formula is C26H29FN6O2. The lowest BCUT2D eigenvalue weighted by Crippen LogP contribution is -2.26. The minimum absolute atomic E-state index is 0.0794. The number of piperidine rings is 1. The van der Waals surface area contributed by atoms with Crippen LogP contribution in [-0.4, -0.2) is 55.5 Å². The molecule has 1 aromatic carbocycles. The van der Waals surface area contributed by atoms with E-state index < -0.39 is 5.82 Å². The van der Waals surface area contributed by atoms with Crippen LogP contribution in [0.15, 0.2) is 35.3 Å². The fourth-order valence-electron chi connectivity index (χ4n) is 5.33. The molecule has 2 fully saturated rings. The van der Waals surface area contributed by atoms with Crippen LogP contribution < -0.4 is 5.69 Å². The van der Waals surface area contributed by atoms with Crippen LogP contribution in [-0.2, 0) is 18.4 Å². The third kappa shape index (κ3) is 3.92. The molecule has 0 radical (unpaired) electrons. The Morgan fingerprint density at radius 3 is 2.69 bits per heavy atom. The topological polar surface area (TPSA) is 78.1 Å². The lowest BCUT2D eigenvalue weighted by Gasteiger charge is -2.16. The molecule has 1 aliphatic carbocycles. The maximum absolute atomic E-state index is 15.1. The first-order valence-corrected chi connectivity index (χ1v) is 12.2. The molecular weight excluding hydrogens is 447 g/mol. The summed E-state index contributed by atoms with van der Waals surface area (Å²) >= 11 is 0. The second-order valence-electron chi connectivity index (χ2n) is 10.1. The van der Waals surface area contributed by atoms with Gasteiger partial charge >= 0.3 is 5.69 Å². The van der Waals surface area contributed by atoms with Crippen molar-refractivity contribution in [3.63, 3.8) is 0 Å². The number of aromatic nitrogens is 5. The summed E-state index contributed by atoms with van der Waals surface area (Å²) in [6.45, 7) is 8.40. The van der Waals surface area contributed by atoms with Crippen LogP contribution in [0.3, 0.4) is 0 Å². The van der Waals surface area contributed by atoms with Crippen molar-refractivity contribution in [2.24, 2.45) is 18.9 Å². The van der Waals surface area contributed by atoms with Gasteiger partial charge in [0.2, 0.25) is 0 Å². The summed E-state index contributed by atoms with van der Waals surface area (Å²) in [5.41, 5.74) is 3.25. The first-order valence-electron chi connectivity index (χ1n) is 12.2. The van der Waals surface area contributed by atoms with Crippen LogP contribution in [0.5, 0.6) is 0 Å². The van der Waals surface area contributed by atoms with Gasteiger partial charge in [-0.2, -0.15) is 0 Å². The molecule has 4 heterocycles. The molecule has 6 rings (SSSR count). The zero-order valence-corrected chi connectivity index (χ0v) is 20.2. The molecule has 0 N–H and O–H groups in total. The van der Waals surface area contributed by atoms with Crippen LogP contribution in [0.1, 0.15) is 32.0 Å². The zero-order valence-electron chi connectivity index (χ0n) is 20.2. The average Bonchev–Trinajstić information content (AvgIpc) is 3.36. The Kier molecular flexibility index (Phi) is 5.41. The Bertz CT molecular complexity index is 1470. The minimum atomic E-state index is -0.407. The monoisotopic (exact) mass is 476 g/mol. The van der Waals surface area contributed by atoms with Gasteiger partial charge < -0.3 is 9.64 Å². The number of fused-ring (bicyclic) bond motifs is 4. The Balaban J connectivity index is 1.25. The van der Waals surface area contributed by atoms with Gasteiger partial charge in [0.25, 0.3) is 0 Å². The third-order valence-electron chi connectivity index (χ3n) is 7.36. The SMILES string of the molecule is CC(C)n1c(=O)n(C)c2nnc3cc(F)c(-c4ccc(COCCN5CC6CC6C5)nc4)cc3c21. The summed E-state index contributed by atoms with van der Waals surface area (Å²) in [7, 11) is 1.67. The van der Waals surface area contributed by atoms with E-state index in [0.717, 1.165) is 24.1 Å². The predicted octanol–water partition coefficient (Wildman–Crippen LogP) is 3.53. The molecule has 0 spiro atoms. The first kappa shape index (κ1) is 22.3. The van der Waals surface area contributed by atoms with Gasteiger partial charge in [-0.3, -0.25) is 14.1 Å². The number of rotatable bonds is 7. The standard InChI is InChI=1S/C26H29FN6O2/c1-15(2)33-24-21-9-20(22(27)10-23(21)29-30-25(24)31(3)26(33)34)16-4-5-19(28-11-16)14-35-7-6-32-12-17-8-18(17)13-32/h4-5,9-11,15,17-18H,6-8,12-14H2,1-3H3. The molecule has 1 saturated heterocycles. The summed E-state index contributed by atoms with van der Waals surface area (Å²) in [6, 6.07) is 6.77. The van der Waals surface area contributed by atoms with Gasteiger partial charge in [-0.1, -0.05) is 6.07 Å². The Hall–Kier alpha value is -3.17. The van der Waals surface area contributed by atoms with E-state index in [0.29, 0.717) is 46.4 Å². The number of pyridine rings is 1. The Labute approximate surface area is 202 Å². The van der Waals surface area contributed by atoms with Gasteiger partial charge in [0.05, 0.1) is 24.4 Å². The lowest BCUT2D eigenvalue weighted by molar-refractivity contribution is 0.0941. The second kappa shape index (κ2) is 8.49. The molecule has 182 valence electrons. The van der Waals surface area contributed by atoms with E-state index in [1.807, 2.05) is 26.0 Å². The number of nitrogens with zero attached hydrogens (tertiary/aromatic N) is 6. The Morgan fingerprint density at radius 1 is 1.17 bits per heavy atom. The van der Waals surface area contributed by atoms with E-state index in [2.05, 4.69) is 20.1 Å². The van der Waals surface area contributed by atoms with Crippen molar-refractivity contribution < 1.29 is 9.13 Å². The van der Waals surface area contributed by atoms with Crippen LogP contribution >= 0.6 is 0 Å². The van der Waals surface area contributed by atoms with E-state index in [1.165, 1.54) is 30.1 Å². The van der Waals surface area contributed by atoms with Crippen LogP contribution in [0.4, 0.5) is 4.39 Å². The lowest BCUT2D eigenvalue weighted by atomic mass is 10.0. The molecule has 2 aliphatic rings. The van der Waals surface area contributed by atoms with Crippen molar-refractivity contribution in [1.82, 2.24) is 29.2 Å². The highest BCUT2D eigenvalue weighted by molar-refractivity contribution is 6.02. The molecule has 0 bridgehead atoms. The first-order chi connectivity index (χ1) is 16.9. The maximum atomic E-state index is 15.1. The molecule has 8 nitrogen and oxygen atoms in total. The van der Waals surface area contributed by atoms with E-state index in [1.54, 1.807) is 23.9 Å². The molecule has 4 aromatic rings. The molecule has 2 unspecified atom stereocenters. The van der Waals surface area contributed by atoms with Crippen molar-refractivity contribution in [2.45, 2.75) is 32.9 Å². The quantitative estimate of drug-likeness (QED) is 0.380. The summed E-state index contributed by atoms with van der Waals surface area (Å²) < 4.78 is 24.1. The largest absolute Gasteiger partial charge is 0.374 e. The highest BCUT2D eigenvalue weighted by atomic mass is 19.1. The fraction of sp³-hybridized carbons (Fsp3) is 0.462. The van der Waals surface area contributed by atoms with Crippen molar-refractivity contribution in [2.75, 3.05) is 26.2 Å². The Morgan fingerprint density at radius 2 is 1.97 bits per heavy atom. The second-order valence-corrected chi connectivity index (χ2v) is 10.1. The van der Waals surface area contributed by atoms with E-state index in [9.17, 15) is 4.79 Å². The molecule has 35 heavy (non-hydrogen) atoms. The maximum Gasteiger partial charge on any atom is 0.330 e. The van der Waals surface area contributed by atoms with Gasteiger partial charge in [0, 0.05) is 61.5 Å². The van der Waals surface area contributed by atoms with Gasteiger partial charge in [-0.15, -0.1) is 10.2 Å². The molecule has 0 amide bonds. The highest BCUT2D eigenvalue weighted by Crippen LogP contribution is 2.44. The highest BCUT2D eigenvalue weighted by Gasteiger charge is 2.44.